The quantitative estimate of drug-likeness (QED) is 0.447. The number of aromatic nitrogens is 4. The van der Waals surface area contributed by atoms with Gasteiger partial charge >= 0.3 is 0 Å². The molecule has 5 aromatic rings. The van der Waals surface area contributed by atoms with E-state index in [2.05, 4.69) is 25.5 Å². The highest BCUT2D eigenvalue weighted by Crippen LogP contribution is 2.25. The molecule has 5 rings (SSSR count). The van der Waals surface area contributed by atoms with Gasteiger partial charge in [-0.1, -0.05) is 54.6 Å². The molecular formula is C23H17N5. The zero-order chi connectivity index (χ0) is 18.8. The highest BCUT2D eigenvalue weighted by atomic mass is 15.2. The molecular weight excluding hydrogens is 346 g/mol. The molecule has 3 aromatic carbocycles. The fraction of sp³-hybridized carbons (Fsp3) is 0. The van der Waals surface area contributed by atoms with Gasteiger partial charge in [-0.25, -0.2) is 4.98 Å². The Kier molecular flexibility index (Phi) is 4.03. The molecule has 0 saturated heterocycles. The summed E-state index contributed by atoms with van der Waals surface area (Å²) in [5, 5.41) is 11.9. The normalized spacial score (nSPS) is 10.9. The third-order valence-corrected chi connectivity index (χ3v) is 4.53. The van der Waals surface area contributed by atoms with Crippen LogP contribution in [0.5, 0.6) is 0 Å². The summed E-state index contributed by atoms with van der Waals surface area (Å²) in [7, 11) is 0. The van der Waals surface area contributed by atoms with E-state index in [9.17, 15) is 0 Å². The second-order valence-electron chi connectivity index (χ2n) is 6.48. The van der Waals surface area contributed by atoms with E-state index in [0.29, 0.717) is 5.82 Å². The lowest BCUT2D eigenvalue weighted by molar-refractivity contribution is 1.04. The Morgan fingerprint density at radius 2 is 1.50 bits per heavy atom. The maximum atomic E-state index is 4.66. The molecule has 2 N–H and O–H groups in total. The summed E-state index contributed by atoms with van der Waals surface area (Å²) in [6.45, 7) is 0. The van der Waals surface area contributed by atoms with E-state index >= 15 is 0 Å². The number of imidazole rings is 1. The molecule has 0 radical (unpaired) electrons. The van der Waals surface area contributed by atoms with Gasteiger partial charge in [0.2, 0.25) is 0 Å². The lowest BCUT2D eigenvalue weighted by atomic mass is 10.1. The molecule has 0 aliphatic heterocycles. The van der Waals surface area contributed by atoms with Gasteiger partial charge in [-0.3, -0.25) is 0 Å². The monoisotopic (exact) mass is 363 g/mol. The van der Waals surface area contributed by atoms with Crippen molar-refractivity contribution in [3.8, 4) is 22.6 Å². The zero-order valence-electron chi connectivity index (χ0n) is 15.0. The van der Waals surface area contributed by atoms with E-state index in [1.807, 2.05) is 91.0 Å². The Bertz CT molecular complexity index is 1190. The van der Waals surface area contributed by atoms with Crippen LogP contribution in [0.1, 0.15) is 0 Å². The number of para-hydroxylation sites is 2. The van der Waals surface area contributed by atoms with Crippen LogP contribution >= 0.6 is 0 Å². The van der Waals surface area contributed by atoms with E-state index in [-0.39, 0.29) is 0 Å². The Labute approximate surface area is 162 Å². The van der Waals surface area contributed by atoms with Crippen LogP contribution in [0, 0.1) is 0 Å². The van der Waals surface area contributed by atoms with Crippen LogP contribution < -0.4 is 5.32 Å². The molecule has 0 aliphatic rings. The van der Waals surface area contributed by atoms with Gasteiger partial charge in [0, 0.05) is 16.8 Å². The first-order valence-corrected chi connectivity index (χ1v) is 9.06. The third kappa shape index (κ3) is 3.21. The van der Waals surface area contributed by atoms with Crippen molar-refractivity contribution in [1.82, 2.24) is 20.2 Å². The van der Waals surface area contributed by atoms with Gasteiger partial charge < -0.3 is 10.3 Å². The summed E-state index contributed by atoms with van der Waals surface area (Å²) in [6.07, 6.45) is 0. The molecule has 0 saturated carbocycles. The van der Waals surface area contributed by atoms with Gasteiger partial charge in [0.25, 0.3) is 0 Å². The summed E-state index contributed by atoms with van der Waals surface area (Å²) >= 11 is 0. The molecule has 0 aliphatic carbocycles. The summed E-state index contributed by atoms with van der Waals surface area (Å²) in [4.78, 5) is 8.03. The predicted molar refractivity (Wildman–Crippen MR) is 112 cm³/mol. The SMILES string of the molecule is c1ccc(-c2ccc(Nc3cccc(-c4nc5ccccc5[nH]4)c3)nn2)cc1. The van der Waals surface area contributed by atoms with Gasteiger partial charge in [0.05, 0.1) is 16.7 Å². The molecule has 28 heavy (non-hydrogen) atoms. The van der Waals surface area contributed by atoms with Crippen molar-refractivity contribution in [1.29, 1.82) is 0 Å². The van der Waals surface area contributed by atoms with E-state index in [4.69, 9.17) is 0 Å². The molecule has 0 amide bonds. The van der Waals surface area contributed by atoms with Crippen molar-refractivity contribution in [2.45, 2.75) is 0 Å². The van der Waals surface area contributed by atoms with Gasteiger partial charge in [0.15, 0.2) is 5.82 Å². The Morgan fingerprint density at radius 3 is 2.32 bits per heavy atom. The van der Waals surface area contributed by atoms with E-state index in [1.165, 1.54) is 0 Å². The number of nitrogens with zero attached hydrogens (tertiary/aromatic N) is 3. The highest BCUT2D eigenvalue weighted by molar-refractivity contribution is 5.80. The van der Waals surface area contributed by atoms with Crippen LogP contribution in [0.2, 0.25) is 0 Å². The van der Waals surface area contributed by atoms with Crippen molar-refractivity contribution in [2.75, 3.05) is 5.32 Å². The first kappa shape index (κ1) is 16.2. The number of aromatic amines is 1. The van der Waals surface area contributed by atoms with Crippen molar-refractivity contribution in [2.24, 2.45) is 0 Å². The number of hydrogen-bond donors (Lipinski definition) is 2. The van der Waals surface area contributed by atoms with E-state index < -0.39 is 0 Å². The fourth-order valence-corrected chi connectivity index (χ4v) is 3.14. The van der Waals surface area contributed by atoms with Gasteiger partial charge in [-0.2, -0.15) is 0 Å². The molecule has 0 atom stereocenters. The number of anilines is 2. The lowest BCUT2D eigenvalue weighted by Gasteiger charge is -2.07. The molecule has 0 bridgehead atoms. The predicted octanol–water partition coefficient (Wildman–Crippen LogP) is 5.43. The van der Waals surface area contributed by atoms with Crippen LogP contribution in [0.25, 0.3) is 33.7 Å². The summed E-state index contributed by atoms with van der Waals surface area (Å²) in [5.74, 6) is 1.54. The molecule has 134 valence electrons. The van der Waals surface area contributed by atoms with Crippen molar-refractivity contribution >= 4 is 22.5 Å². The van der Waals surface area contributed by atoms with Crippen LogP contribution in [0.3, 0.4) is 0 Å². The maximum absolute atomic E-state index is 4.66. The van der Waals surface area contributed by atoms with E-state index in [0.717, 1.165) is 39.4 Å². The van der Waals surface area contributed by atoms with Crippen molar-refractivity contribution in [3.05, 3.63) is 91.0 Å². The summed E-state index contributed by atoms with van der Waals surface area (Å²) < 4.78 is 0. The minimum atomic E-state index is 0.696. The van der Waals surface area contributed by atoms with Crippen LogP contribution in [0.15, 0.2) is 91.0 Å². The van der Waals surface area contributed by atoms with Crippen molar-refractivity contribution < 1.29 is 0 Å². The second-order valence-corrected chi connectivity index (χ2v) is 6.48. The van der Waals surface area contributed by atoms with E-state index in [1.54, 1.807) is 0 Å². The molecule has 5 heteroatoms. The Hall–Kier alpha value is -3.99. The van der Waals surface area contributed by atoms with Gasteiger partial charge in [0.1, 0.15) is 5.82 Å². The number of H-pyrrole nitrogens is 1. The Balaban J connectivity index is 1.39. The van der Waals surface area contributed by atoms with Gasteiger partial charge in [-0.15, -0.1) is 10.2 Å². The lowest BCUT2D eigenvalue weighted by Crippen LogP contribution is -1.96. The molecule has 0 spiro atoms. The topological polar surface area (TPSA) is 66.5 Å². The standard InChI is InChI=1S/C23H17N5/c1-2-7-16(8-3-1)19-13-14-22(28-27-19)24-18-10-6-9-17(15-18)23-25-20-11-4-5-12-21(20)26-23/h1-15H,(H,24,28)(H,25,26). The largest absolute Gasteiger partial charge is 0.339 e. The smallest absolute Gasteiger partial charge is 0.153 e. The zero-order valence-corrected chi connectivity index (χ0v) is 15.0. The molecule has 5 nitrogen and oxygen atoms in total. The fourth-order valence-electron chi connectivity index (χ4n) is 3.14. The molecule has 2 aromatic heterocycles. The minimum Gasteiger partial charge on any atom is -0.339 e. The average molecular weight is 363 g/mol. The average Bonchev–Trinajstić information content (AvgIpc) is 3.20. The Morgan fingerprint density at radius 1 is 0.679 bits per heavy atom. The highest BCUT2D eigenvalue weighted by Gasteiger charge is 2.06. The molecule has 2 heterocycles. The number of nitrogens with one attached hydrogen (secondary N) is 2. The van der Waals surface area contributed by atoms with Crippen LogP contribution in [0.4, 0.5) is 11.5 Å². The van der Waals surface area contributed by atoms with Crippen molar-refractivity contribution in [3.63, 3.8) is 0 Å². The first-order chi connectivity index (χ1) is 13.8. The number of hydrogen-bond acceptors (Lipinski definition) is 4. The minimum absolute atomic E-state index is 0.696. The maximum Gasteiger partial charge on any atom is 0.153 e. The van der Waals surface area contributed by atoms with Crippen LogP contribution in [-0.4, -0.2) is 20.2 Å². The van der Waals surface area contributed by atoms with Gasteiger partial charge in [-0.05, 0) is 36.4 Å². The molecule has 0 fully saturated rings. The van der Waals surface area contributed by atoms with Crippen LogP contribution in [-0.2, 0) is 0 Å². The number of rotatable bonds is 4. The number of fused-ring (bicyclic) bond motifs is 1. The summed E-state index contributed by atoms with van der Waals surface area (Å²) in [6, 6.07) is 30.0. The molecule has 0 unspecified atom stereocenters. The number of benzene rings is 3. The third-order valence-electron chi connectivity index (χ3n) is 4.53. The summed E-state index contributed by atoms with van der Waals surface area (Å²) in [5.41, 5.74) is 5.82. The second kappa shape index (κ2) is 6.96. The first-order valence-electron chi connectivity index (χ1n) is 9.06.